The van der Waals surface area contributed by atoms with Gasteiger partial charge in [0.1, 0.15) is 28.2 Å². The highest BCUT2D eigenvalue weighted by Crippen LogP contribution is 2.37. The summed E-state index contributed by atoms with van der Waals surface area (Å²) in [5, 5.41) is 8.13. The fourth-order valence-electron chi connectivity index (χ4n) is 5.26. The summed E-state index contributed by atoms with van der Waals surface area (Å²) in [6.45, 7) is 2.44. The predicted molar refractivity (Wildman–Crippen MR) is 211 cm³/mol. The Morgan fingerprint density at radius 1 is 0.642 bits per heavy atom. The lowest BCUT2D eigenvalue weighted by atomic mass is 10.1. The molecule has 8 nitrogen and oxygen atoms in total. The molecule has 0 fully saturated rings. The lowest BCUT2D eigenvalue weighted by Gasteiger charge is -2.18. The molecule has 6 rings (SSSR count). The Morgan fingerprint density at radius 3 is 1.94 bits per heavy atom. The molecular weight excluding hydrogens is 683 g/mol. The maximum Gasteiger partial charge on any atom is 0.272 e. The van der Waals surface area contributed by atoms with Gasteiger partial charge in [-0.15, -0.1) is 11.8 Å². The van der Waals surface area contributed by atoms with E-state index in [1.54, 1.807) is 78.9 Å². The van der Waals surface area contributed by atoms with Crippen molar-refractivity contribution in [1.82, 2.24) is 5.32 Å². The Kier molecular flexibility index (Phi) is 12.4. The van der Waals surface area contributed by atoms with Crippen LogP contribution in [0.5, 0.6) is 17.2 Å². The summed E-state index contributed by atoms with van der Waals surface area (Å²) in [7, 11) is 0. The average molecular weight is 720 g/mol. The number of hydrogen-bond donors (Lipinski definition) is 3. The molecule has 0 saturated carbocycles. The van der Waals surface area contributed by atoms with Crippen LogP contribution in [-0.4, -0.2) is 24.3 Å². The van der Waals surface area contributed by atoms with E-state index in [4.69, 9.17) is 9.47 Å². The van der Waals surface area contributed by atoms with Crippen LogP contribution in [0.2, 0.25) is 0 Å². The zero-order valence-electron chi connectivity index (χ0n) is 28.9. The van der Waals surface area contributed by atoms with E-state index in [2.05, 4.69) is 16.0 Å². The molecule has 0 radical (unpaired) electrons. The topological polar surface area (TPSA) is 106 Å². The molecule has 9 heteroatoms. The van der Waals surface area contributed by atoms with E-state index in [-0.39, 0.29) is 11.6 Å². The van der Waals surface area contributed by atoms with Crippen LogP contribution in [0, 0.1) is 0 Å². The summed E-state index contributed by atoms with van der Waals surface area (Å²) < 4.78 is 11.4. The third-order valence-corrected chi connectivity index (χ3v) is 9.07. The number of carbonyl (C=O) groups is 3. The Morgan fingerprint density at radius 2 is 1.26 bits per heavy atom. The van der Waals surface area contributed by atoms with Gasteiger partial charge in [0.25, 0.3) is 11.8 Å². The van der Waals surface area contributed by atoms with Crippen molar-refractivity contribution >= 4 is 46.9 Å². The Balaban J connectivity index is 1.18. The molecule has 3 N–H and O–H groups in total. The zero-order valence-corrected chi connectivity index (χ0v) is 29.7. The van der Waals surface area contributed by atoms with Crippen LogP contribution >= 0.6 is 11.8 Å². The highest BCUT2D eigenvalue weighted by molar-refractivity contribution is 8.00. The summed E-state index contributed by atoms with van der Waals surface area (Å²) >= 11 is 1.36. The number of nitrogens with one attached hydrogen (secondary N) is 3. The highest BCUT2D eigenvalue weighted by atomic mass is 32.2. The zero-order chi connectivity index (χ0) is 36.8. The second kappa shape index (κ2) is 18.1. The van der Waals surface area contributed by atoms with Gasteiger partial charge in [-0.1, -0.05) is 84.9 Å². The number of ether oxygens (including phenoxy) is 2. The number of carbonyl (C=O) groups excluding carboxylic acids is 3. The minimum absolute atomic E-state index is 0.0581. The van der Waals surface area contributed by atoms with Gasteiger partial charge < -0.3 is 25.4 Å². The molecule has 53 heavy (non-hydrogen) atoms. The summed E-state index contributed by atoms with van der Waals surface area (Å²) in [5.41, 5.74) is 3.11. The van der Waals surface area contributed by atoms with Gasteiger partial charge in [-0.25, -0.2) is 0 Å². The molecule has 0 bridgehead atoms. The standard InChI is InChI=1S/C44H37N3O5S/c1-2-51-36-25-21-31(22-26-36)29-40(47-42(48)33-15-8-4-9-16-33)43(49)46-35-17-12-20-39(30-35)53-41(32-13-6-3-7-14-32)44(50)45-34-23-27-38(28-24-34)52-37-18-10-5-11-19-37/h3-30,41H,2H2,1H3,(H,45,50)(H,46,49)(H,47,48)/b40-29+. The maximum atomic E-state index is 13.8. The van der Waals surface area contributed by atoms with Gasteiger partial charge in [-0.3, -0.25) is 14.4 Å². The fraction of sp³-hybridized carbons (Fsp3) is 0.0682. The Labute approximate surface area is 312 Å². The first kappa shape index (κ1) is 36.2. The van der Waals surface area contributed by atoms with Crippen LogP contribution in [0.25, 0.3) is 6.08 Å². The smallest absolute Gasteiger partial charge is 0.272 e. The van der Waals surface area contributed by atoms with Gasteiger partial charge in [-0.05, 0) is 103 Å². The van der Waals surface area contributed by atoms with Crippen molar-refractivity contribution in [2.24, 2.45) is 0 Å². The third kappa shape index (κ3) is 10.5. The minimum atomic E-state index is -0.609. The number of hydrogen-bond acceptors (Lipinski definition) is 6. The van der Waals surface area contributed by atoms with Crippen molar-refractivity contribution in [3.8, 4) is 17.2 Å². The van der Waals surface area contributed by atoms with Crippen molar-refractivity contribution in [1.29, 1.82) is 0 Å². The number of para-hydroxylation sites is 1. The maximum absolute atomic E-state index is 13.8. The molecule has 0 aliphatic carbocycles. The van der Waals surface area contributed by atoms with Crippen LogP contribution in [0.3, 0.4) is 0 Å². The number of thioether (sulfide) groups is 1. The molecule has 6 aromatic carbocycles. The molecule has 1 unspecified atom stereocenters. The molecule has 0 aliphatic rings. The first-order valence-corrected chi connectivity index (χ1v) is 17.9. The van der Waals surface area contributed by atoms with E-state index < -0.39 is 17.1 Å². The van der Waals surface area contributed by atoms with Gasteiger partial charge in [0.05, 0.1) is 6.61 Å². The van der Waals surface area contributed by atoms with Crippen molar-refractivity contribution in [2.75, 3.05) is 17.2 Å². The molecular formula is C44H37N3O5S. The van der Waals surface area contributed by atoms with Gasteiger partial charge in [0.15, 0.2) is 0 Å². The Hall–Kier alpha value is -6.58. The molecule has 264 valence electrons. The lowest BCUT2D eigenvalue weighted by molar-refractivity contribution is -0.116. The van der Waals surface area contributed by atoms with Crippen molar-refractivity contribution in [3.05, 3.63) is 186 Å². The van der Waals surface area contributed by atoms with Crippen LogP contribution in [0.4, 0.5) is 11.4 Å². The number of anilines is 2. The first-order valence-electron chi connectivity index (χ1n) is 17.0. The summed E-state index contributed by atoms with van der Waals surface area (Å²) in [5.74, 6) is 0.933. The highest BCUT2D eigenvalue weighted by Gasteiger charge is 2.23. The first-order chi connectivity index (χ1) is 25.9. The summed E-state index contributed by atoms with van der Waals surface area (Å²) in [6.07, 6.45) is 1.61. The summed E-state index contributed by atoms with van der Waals surface area (Å²) in [6, 6.07) is 49.4. The lowest BCUT2D eigenvalue weighted by Crippen LogP contribution is -2.30. The second-order valence-electron chi connectivity index (χ2n) is 11.7. The van der Waals surface area contributed by atoms with E-state index in [1.165, 1.54) is 11.8 Å². The third-order valence-electron chi connectivity index (χ3n) is 7.82. The fourth-order valence-corrected chi connectivity index (χ4v) is 6.34. The SMILES string of the molecule is CCOc1ccc(/C=C(/NC(=O)c2ccccc2)C(=O)Nc2cccc(SC(C(=O)Nc3ccc(Oc4ccccc4)cc3)c3ccccc3)c2)cc1. The van der Waals surface area contributed by atoms with Gasteiger partial charge in [0.2, 0.25) is 5.91 Å². The Bertz CT molecular complexity index is 2160. The van der Waals surface area contributed by atoms with Crippen LogP contribution in [-0.2, 0) is 9.59 Å². The predicted octanol–water partition coefficient (Wildman–Crippen LogP) is 9.76. The normalized spacial score (nSPS) is 11.5. The molecule has 0 aromatic heterocycles. The van der Waals surface area contributed by atoms with E-state index in [9.17, 15) is 14.4 Å². The molecule has 0 spiro atoms. The molecule has 6 aromatic rings. The van der Waals surface area contributed by atoms with E-state index in [1.807, 2.05) is 97.9 Å². The van der Waals surface area contributed by atoms with Crippen LogP contribution in [0.1, 0.15) is 33.7 Å². The monoisotopic (exact) mass is 719 g/mol. The largest absolute Gasteiger partial charge is 0.494 e. The molecule has 3 amide bonds. The van der Waals surface area contributed by atoms with E-state index in [0.29, 0.717) is 40.6 Å². The second-order valence-corrected chi connectivity index (χ2v) is 12.9. The minimum Gasteiger partial charge on any atom is -0.494 e. The molecule has 1 atom stereocenters. The number of amides is 3. The summed E-state index contributed by atoms with van der Waals surface area (Å²) in [4.78, 5) is 41.4. The van der Waals surface area contributed by atoms with Gasteiger partial charge in [-0.2, -0.15) is 0 Å². The quantitative estimate of drug-likeness (QED) is 0.0765. The van der Waals surface area contributed by atoms with Crippen molar-refractivity contribution in [3.63, 3.8) is 0 Å². The van der Waals surface area contributed by atoms with Crippen LogP contribution in [0.15, 0.2) is 174 Å². The van der Waals surface area contributed by atoms with Gasteiger partial charge in [0, 0.05) is 21.8 Å². The van der Waals surface area contributed by atoms with Gasteiger partial charge >= 0.3 is 0 Å². The molecule has 0 aliphatic heterocycles. The molecule has 0 heterocycles. The van der Waals surface area contributed by atoms with Crippen molar-refractivity contribution in [2.45, 2.75) is 17.1 Å². The molecule has 0 saturated heterocycles. The van der Waals surface area contributed by atoms with Crippen molar-refractivity contribution < 1.29 is 23.9 Å². The number of benzene rings is 6. The average Bonchev–Trinajstić information content (AvgIpc) is 3.19. The number of rotatable bonds is 14. The van der Waals surface area contributed by atoms with Crippen LogP contribution < -0.4 is 25.4 Å². The van der Waals surface area contributed by atoms with E-state index in [0.717, 1.165) is 16.2 Å². The van der Waals surface area contributed by atoms with E-state index >= 15 is 0 Å².